The fourth-order valence-electron chi connectivity index (χ4n) is 2.14. The molecule has 0 aliphatic heterocycles. The topological polar surface area (TPSA) is 72.5 Å². The van der Waals surface area contributed by atoms with Crippen molar-refractivity contribution in [3.8, 4) is 5.75 Å². The Morgan fingerprint density at radius 2 is 1.76 bits per heavy atom. The van der Waals surface area contributed by atoms with Gasteiger partial charge in [-0.1, -0.05) is 12.1 Å². The Kier molecular flexibility index (Phi) is 5.07. The Bertz CT molecular complexity index is 908. The third kappa shape index (κ3) is 4.30. The zero-order valence-corrected chi connectivity index (χ0v) is 14.0. The molecule has 0 bridgehead atoms. The quantitative estimate of drug-likeness (QED) is 0.892. The summed E-state index contributed by atoms with van der Waals surface area (Å²) in [5.41, 5.74) is -1.53. The molecule has 0 aliphatic carbocycles. The molecule has 0 unspecified atom stereocenters. The zero-order chi connectivity index (χ0) is 18.8. The molecule has 25 heavy (non-hydrogen) atoms. The Balaban J connectivity index is 2.41. The molecule has 2 aromatic carbocycles. The third-order valence-electron chi connectivity index (χ3n) is 3.31. The van der Waals surface area contributed by atoms with Crippen molar-refractivity contribution in [1.29, 1.82) is 0 Å². The predicted molar refractivity (Wildman–Crippen MR) is 85.5 cm³/mol. The number of hydrogen-bond donors (Lipinski definition) is 1. The Hall–Kier alpha value is -2.55. The molecule has 0 aliphatic rings. The van der Waals surface area contributed by atoms with Crippen molar-refractivity contribution in [2.24, 2.45) is 0 Å². The maximum Gasteiger partial charge on any atom is 0.418 e. The lowest BCUT2D eigenvalue weighted by atomic mass is 10.1. The number of alkyl halides is 3. The van der Waals surface area contributed by atoms with Crippen LogP contribution >= 0.6 is 0 Å². The number of ether oxygens (including phenoxy) is 1. The summed E-state index contributed by atoms with van der Waals surface area (Å²) in [6.07, 6.45) is -3.70. The molecule has 0 atom stereocenters. The minimum Gasteiger partial charge on any atom is -0.495 e. The first-order valence-corrected chi connectivity index (χ1v) is 8.79. The van der Waals surface area contributed by atoms with E-state index in [2.05, 4.69) is 5.32 Å². The summed E-state index contributed by atoms with van der Waals surface area (Å²) in [7, 11) is -2.42. The highest BCUT2D eigenvalue weighted by atomic mass is 32.2. The summed E-state index contributed by atoms with van der Waals surface area (Å²) >= 11 is 0. The van der Waals surface area contributed by atoms with E-state index in [1.807, 2.05) is 0 Å². The molecule has 5 nitrogen and oxygen atoms in total. The molecule has 2 rings (SSSR count). The fraction of sp³-hybridized carbons (Fsp3) is 0.188. The van der Waals surface area contributed by atoms with Crippen molar-refractivity contribution in [2.75, 3.05) is 18.7 Å². The standard InChI is InChI=1S/C16H14F3NO4S/c1-24-13-8-7-10(9-14(13)25(2,22)23)15(21)20-12-6-4-3-5-11(12)16(17,18)19/h3-9H,1-2H3,(H,20,21). The van der Waals surface area contributed by atoms with Crippen molar-refractivity contribution in [1.82, 2.24) is 0 Å². The van der Waals surface area contributed by atoms with Crippen LogP contribution in [-0.2, 0) is 16.0 Å². The van der Waals surface area contributed by atoms with E-state index >= 15 is 0 Å². The number of carbonyl (C=O) groups is 1. The predicted octanol–water partition coefficient (Wildman–Crippen LogP) is 3.37. The number of anilines is 1. The van der Waals surface area contributed by atoms with E-state index in [1.54, 1.807) is 0 Å². The van der Waals surface area contributed by atoms with Crippen molar-refractivity contribution in [3.63, 3.8) is 0 Å². The molecule has 0 radical (unpaired) electrons. The van der Waals surface area contributed by atoms with Gasteiger partial charge < -0.3 is 10.1 Å². The maximum atomic E-state index is 13.0. The molecule has 2 aromatic rings. The van der Waals surface area contributed by atoms with Crippen molar-refractivity contribution >= 4 is 21.4 Å². The number of benzene rings is 2. The molecule has 134 valence electrons. The molecular formula is C16H14F3NO4S. The van der Waals surface area contributed by atoms with E-state index in [-0.39, 0.29) is 16.2 Å². The molecule has 0 saturated carbocycles. The van der Waals surface area contributed by atoms with Gasteiger partial charge in [0.1, 0.15) is 10.6 Å². The Morgan fingerprint density at radius 1 is 1.12 bits per heavy atom. The number of rotatable bonds is 4. The number of carbonyl (C=O) groups excluding carboxylic acids is 1. The molecule has 1 N–H and O–H groups in total. The van der Waals surface area contributed by atoms with Gasteiger partial charge in [0.2, 0.25) is 0 Å². The highest BCUT2D eigenvalue weighted by Gasteiger charge is 2.33. The molecule has 0 saturated heterocycles. The van der Waals surface area contributed by atoms with Gasteiger partial charge in [0, 0.05) is 11.8 Å². The van der Waals surface area contributed by atoms with Gasteiger partial charge in [-0.05, 0) is 30.3 Å². The summed E-state index contributed by atoms with van der Waals surface area (Å²) in [5, 5.41) is 2.15. The number of sulfone groups is 1. The van der Waals surface area contributed by atoms with Gasteiger partial charge in [-0.25, -0.2) is 8.42 Å². The molecule has 0 spiro atoms. The summed E-state index contributed by atoms with van der Waals surface area (Å²) in [5.74, 6) is -0.834. The molecule has 0 fully saturated rings. The summed E-state index contributed by atoms with van der Waals surface area (Å²) in [6, 6.07) is 8.08. The molecule has 1 amide bonds. The van der Waals surface area contributed by atoms with Gasteiger partial charge >= 0.3 is 6.18 Å². The van der Waals surface area contributed by atoms with E-state index in [4.69, 9.17) is 4.74 Å². The second kappa shape index (κ2) is 6.75. The number of amides is 1. The number of methoxy groups -OCH3 is 1. The first kappa shape index (κ1) is 18.8. The second-order valence-electron chi connectivity index (χ2n) is 5.14. The minimum absolute atomic E-state index is 0.0368. The Morgan fingerprint density at radius 3 is 2.32 bits per heavy atom. The number of hydrogen-bond acceptors (Lipinski definition) is 4. The van der Waals surface area contributed by atoms with Gasteiger partial charge in [0.15, 0.2) is 9.84 Å². The zero-order valence-electron chi connectivity index (χ0n) is 13.2. The summed E-state index contributed by atoms with van der Waals surface area (Å²) in [4.78, 5) is 12.0. The van der Waals surface area contributed by atoms with E-state index in [9.17, 15) is 26.4 Å². The first-order chi connectivity index (χ1) is 11.5. The molecule has 0 heterocycles. The third-order valence-corrected chi connectivity index (χ3v) is 4.42. The lowest BCUT2D eigenvalue weighted by Gasteiger charge is -2.14. The summed E-state index contributed by atoms with van der Waals surface area (Å²) < 4.78 is 67.4. The van der Waals surface area contributed by atoms with Crippen LogP contribution in [0.1, 0.15) is 15.9 Å². The number of para-hydroxylation sites is 1. The molecular weight excluding hydrogens is 359 g/mol. The van der Waals surface area contributed by atoms with Crippen LogP contribution in [0, 0.1) is 0 Å². The van der Waals surface area contributed by atoms with Gasteiger partial charge in [0.25, 0.3) is 5.91 Å². The maximum absolute atomic E-state index is 13.0. The monoisotopic (exact) mass is 373 g/mol. The first-order valence-electron chi connectivity index (χ1n) is 6.89. The lowest BCUT2D eigenvalue weighted by molar-refractivity contribution is -0.136. The number of nitrogens with one attached hydrogen (secondary N) is 1. The van der Waals surface area contributed by atoms with Crippen LogP contribution in [0.2, 0.25) is 0 Å². The molecule has 9 heteroatoms. The average molecular weight is 373 g/mol. The molecule has 0 aromatic heterocycles. The highest BCUT2D eigenvalue weighted by Crippen LogP contribution is 2.35. The van der Waals surface area contributed by atoms with Crippen LogP contribution in [-0.4, -0.2) is 27.7 Å². The van der Waals surface area contributed by atoms with Gasteiger partial charge in [-0.3, -0.25) is 4.79 Å². The van der Waals surface area contributed by atoms with Gasteiger partial charge in [0.05, 0.1) is 18.4 Å². The fourth-order valence-corrected chi connectivity index (χ4v) is 3.00. The van der Waals surface area contributed by atoms with E-state index < -0.39 is 33.2 Å². The average Bonchev–Trinajstić information content (AvgIpc) is 2.52. The van der Waals surface area contributed by atoms with Crippen LogP contribution in [0.4, 0.5) is 18.9 Å². The van der Waals surface area contributed by atoms with E-state index in [0.717, 1.165) is 24.5 Å². The van der Waals surface area contributed by atoms with E-state index in [0.29, 0.717) is 0 Å². The number of halogens is 3. The summed E-state index contributed by atoms with van der Waals surface area (Å²) in [6.45, 7) is 0. The van der Waals surface area contributed by atoms with Crippen LogP contribution in [0.25, 0.3) is 0 Å². The SMILES string of the molecule is COc1ccc(C(=O)Nc2ccccc2C(F)(F)F)cc1S(C)(=O)=O. The van der Waals surface area contributed by atoms with Crippen molar-refractivity contribution < 1.29 is 31.1 Å². The van der Waals surface area contributed by atoms with Crippen LogP contribution in [0.15, 0.2) is 47.4 Å². The van der Waals surface area contributed by atoms with Gasteiger partial charge in [-0.2, -0.15) is 13.2 Å². The van der Waals surface area contributed by atoms with Crippen LogP contribution in [0.5, 0.6) is 5.75 Å². The Labute approximate surface area is 142 Å². The lowest BCUT2D eigenvalue weighted by Crippen LogP contribution is -2.17. The van der Waals surface area contributed by atoms with Gasteiger partial charge in [-0.15, -0.1) is 0 Å². The minimum atomic E-state index is -4.64. The largest absolute Gasteiger partial charge is 0.495 e. The van der Waals surface area contributed by atoms with Crippen molar-refractivity contribution in [3.05, 3.63) is 53.6 Å². The van der Waals surface area contributed by atoms with E-state index in [1.165, 1.54) is 31.4 Å². The second-order valence-corrected chi connectivity index (χ2v) is 7.12. The van der Waals surface area contributed by atoms with Crippen LogP contribution < -0.4 is 10.1 Å². The van der Waals surface area contributed by atoms with Crippen LogP contribution in [0.3, 0.4) is 0 Å². The highest BCUT2D eigenvalue weighted by molar-refractivity contribution is 7.90. The van der Waals surface area contributed by atoms with Crippen molar-refractivity contribution in [2.45, 2.75) is 11.1 Å². The normalized spacial score (nSPS) is 11.9. The smallest absolute Gasteiger partial charge is 0.418 e.